The van der Waals surface area contributed by atoms with Crippen LogP contribution >= 0.6 is 15.9 Å². The number of amides is 1. The van der Waals surface area contributed by atoms with Gasteiger partial charge in [0.25, 0.3) is 5.91 Å². The third-order valence-corrected chi connectivity index (χ3v) is 4.50. The molecule has 2 N–H and O–H groups in total. The van der Waals surface area contributed by atoms with E-state index in [4.69, 9.17) is 0 Å². The fraction of sp³-hybridized carbons (Fsp3) is 0.105. The Kier molecular flexibility index (Phi) is 5.40. The molecule has 1 amide bonds. The molecule has 0 fully saturated rings. The number of carbonyl (C=O) groups is 1. The van der Waals surface area contributed by atoms with Crippen molar-refractivity contribution in [2.45, 2.75) is 13.5 Å². The van der Waals surface area contributed by atoms with E-state index in [0.717, 1.165) is 21.3 Å². The van der Waals surface area contributed by atoms with Gasteiger partial charge >= 0.3 is 0 Å². The molecule has 3 aromatic rings. The number of hydrogen-bond acceptors (Lipinski definition) is 4. The number of rotatable bonds is 5. The molecular weight excluding hydrogens is 380 g/mol. The van der Waals surface area contributed by atoms with Crippen molar-refractivity contribution in [3.05, 3.63) is 82.2 Å². The molecule has 25 heavy (non-hydrogen) atoms. The van der Waals surface area contributed by atoms with Crippen molar-refractivity contribution in [1.29, 1.82) is 0 Å². The molecule has 6 heteroatoms. The number of hydrogen-bond donors (Lipinski definition) is 2. The van der Waals surface area contributed by atoms with Gasteiger partial charge in [-0.25, -0.2) is 4.98 Å². The zero-order chi connectivity index (χ0) is 17.6. The quantitative estimate of drug-likeness (QED) is 0.677. The molecule has 0 aliphatic heterocycles. The van der Waals surface area contributed by atoms with E-state index in [2.05, 4.69) is 36.5 Å². The van der Waals surface area contributed by atoms with Crippen LogP contribution in [0.15, 0.2) is 65.5 Å². The maximum atomic E-state index is 12.3. The molecule has 0 saturated carbocycles. The smallest absolute Gasteiger partial charge is 0.251 e. The van der Waals surface area contributed by atoms with Crippen LogP contribution in [0.1, 0.15) is 21.5 Å². The lowest BCUT2D eigenvalue weighted by Gasteiger charge is -2.09. The normalized spacial score (nSPS) is 10.3. The summed E-state index contributed by atoms with van der Waals surface area (Å²) in [6.07, 6.45) is 5.05. The number of nitrogens with zero attached hydrogens (tertiary/aromatic N) is 2. The van der Waals surface area contributed by atoms with Crippen LogP contribution in [-0.4, -0.2) is 15.9 Å². The molecule has 2 heterocycles. The van der Waals surface area contributed by atoms with E-state index in [1.807, 2.05) is 37.3 Å². The van der Waals surface area contributed by atoms with Gasteiger partial charge in [0, 0.05) is 40.9 Å². The molecule has 2 aromatic heterocycles. The number of aromatic nitrogens is 2. The van der Waals surface area contributed by atoms with Crippen molar-refractivity contribution >= 4 is 33.3 Å². The lowest BCUT2D eigenvalue weighted by Crippen LogP contribution is -2.23. The first-order valence-electron chi connectivity index (χ1n) is 7.78. The van der Waals surface area contributed by atoms with Gasteiger partial charge in [-0.1, -0.05) is 28.1 Å². The largest absolute Gasteiger partial charge is 0.348 e. The average molecular weight is 397 g/mol. The van der Waals surface area contributed by atoms with Gasteiger partial charge in [0.15, 0.2) is 0 Å². The van der Waals surface area contributed by atoms with Crippen LogP contribution < -0.4 is 10.6 Å². The van der Waals surface area contributed by atoms with Gasteiger partial charge in [-0.2, -0.15) is 0 Å². The van der Waals surface area contributed by atoms with Crippen molar-refractivity contribution in [2.75, 3.05) is 5.32 Å². The molecule has 0 atom stereocenters. The van der Waals surface area contributed by atoms with Gasteiger partial charge in [-0.3, -0.25) is 9.78 Å². The molecule has 0 spiro atoms. The Morgan fingerprint density at radius 2 is 2.04 bits per heavy atom. The summed E-state index contributed by atoms with van der Waals surface area (Å²) in [6.45, 7) is 2.46. The zero-order valence-corrected chi connectivity index (χ0v) is 15.2. The lowest BCUT2D eigenvalue weighted by molar-refractivity contribution is 0.0951. The Labute approximate surface area is 154 Å². The number of nitrogens with one attached hydrogen (secondary N) is 2. The number of halogens is 1. The van der Waals surface area contributed by atoms with E-state index < -0.39 is 0 Å². The summed E-state index contributed by atoms with van der Waals surface area (Å²) in [6, 6.07) is 13.1. The predicted octanol–water partition coefficient (Wildman–Crippen LogP) is 4.22. The molecule has 126 valence electrons. The summed E-state index contributed by atoms with van der Waals surface area (Å²) >= 11 is 3.51. The number of pyridine rings is 2. The SMILES string of the molecule is Cc1ccc(Nc2cc(C(=O)NCc3cccnc3)ccn2)cc1Br. The van der Waals surface area contributed by atoms with Crippen molar-refractivity contribution in [3.63, 3.8) is 0 Å². The monoisotopic (exact) mass is 396 g/mol. The molecule has 0 saturated heterocycles. The highest BCUT2D eigenvalue weighted by Crippen LogP contribution is 2.23. The van der Waals surface area contributed by atoms with Crippen LogP contribution in [0.3, 0.4) is 0 Å². The van der Waals surface area contributed by atoms with Gasteiger partial charge in [0.05, 0.1) is 0 Å². The van der Waals surface area contributed by atoms with Crippen molar-refractivity contribution in [1.82, 2.24) is 15.3 Å². The van der Waals surface area contributed by atoms with Gasteiger partial charge in [0.1, 0.15) is 5.82 Å². The summed E-state index contributed by atoms with van der Waals surface area (Å²) in [5.41, 5.74) is 3.56. The fourth-order valence-corrected chi connectivity index (χ4v) is 2.62. The molecule has 1 aromatic carbocycles. The van der Waals surface area contributed by atoms with Crippen molar-refractivity contribution in [3.8, 4) is 0 Å². The molecule has 0 aliphatic rings. The highest BCUT2D eigenvalue weighted by atomic mass is 79.9. The van der Waals surface area contributed by atoms with Crippen LogP contribution in [0.4, 0.5) is 11.5 Å². The first-order chi connectivity index (χ1) is 12.1. The Morgan fingerprint density at radius 1 is 1.16 bits per heavy atom. The van der Waals surface area contributed by atoms with Crippen LogP contribution in [-0.2, 0) is 6.54 Å². The third-order valence-electron chi connectivity index (χ3n) is 3.64. The third kappa shape index (κ3) is 4.64. The zero-order valence-electron chi connectivity index (χ0n) is 13.7. The van der Waals surface area contributed by atoms with Crippen LogP contribution in [0.5, 0.6) is 0 Å². The van der Waals surface area contributed by atoms with E-state index in [0.29, 0.717) is 17.9 Å². The average Bonchev–Trinajstić information content (AvgIpc) is 2.64. The Hall–Kier alpha value is -2.73. The van der Waals surface area contributed by atoms with Gasteiger partial charge in [0.2, 0.25) is 0 Å². The van der Waals surface area contributed by atoms with Gasteiger partial charge in [-0.05, 0) is 48.4 Å². The molecule has 0 bridgehead atoms. The second kappa shape index (κ2) is 7.90. The molecule has 5 nitrogen and oxygen atoms in total. The Balaban J connectivity index is 1.68. The van der Waals surface area contributed by atoms with Crippen LogP contribution in [0.2, 0.25) is 0 Å². The molecule has 0 radical (unpaired) electrons. The Morgan fingerprint density at radius 3 is 2.80 bits per heavy atom. The lowest BCUT2D eigenvalue weighted by atomic mass is 10.2. The Bertz CT molecular complexity index is 884. The number of carbonyl (C=O) groups excluding carboxylic acids is 1. The van der Waals surface area contributed by atoms with E-state index >= 15 is 0 Å². The second-order valence-corrected chi connectivity index (χ2v) is 6.42. The van der Waals surface area contributed by atoms with Crippen LogP contribution in [0.25, 0.3) is 0 Å². The van der Waals surface area contributed by atoms with E-state index in [-0.39, 0.29) is 5.91 Å². The minimum absolute atomic E-state index is 0.153. The minimum atomic E-state index is -0.153. The molecular formula is C19H17BrN4O. The van der Waals surface area contributed by atoms with Gasteiger partial charge < -0.3 is 10.6 Å². The fourth-order valence-electron chi connectivity index (χ4n) is 2.25. The molecule has 0 unspecified atom stereocenters. The predicted molar refractivity (Wildman–Crippen MR) is 102 cm³/mol. The standard InChI is InChI=1S/C19H17BrN4O/c1-13-4-5-16(10-17(13)20)24-18-9-15(6-8-22-18)19(25)23-12-14-3-2-7-21-11-14/h2-11H,12H2,1H3,(H,22,24)(H,23,25). The number of anilines is 2. The first kappa shape index (κ1) is 17.1. The summed E-state index contributed by atoms with van der Waals surface area (Å²) in [7, 11) is 0. The number of aryl methyl sites for hydroxylation is 1. The summed E-state index contributed by atoms with van der Waals surface area (Å²) < 4.78 is 1.02. The van der Waals surface area contributed by atoms with Crippen molar-refractivity contribution in [2.24, 2.45) is 0 Å². The summed E-state index contributed by atoms with van der Waals surface area (Å²) in [5, 5.41) is 6.09. The second-order valence-electron chi connectivity index (χ2n) is 5.56. The van der Waals surface area contributed by atoms with Crippen molar-refractivity contribution < 1.29 is 4.79 Å². The van der Waals surface area contributed by atoms with E-state index in [1.165, 1.54) is 0 Å². The molecule has 3 rings (SSSR count). The summed E-state index contributed by atoms with van der Waals surface area (Å²) in [4.78, 5) is 20.6. The molecule has 0 aliphatic carbocycles. The van der Waals surface area contributed by atoms with E-state index in [9.17, 15) is 4.79 Å². The van der Waals surface area contributed by atoms with Crippen LogP contribution in [0, 0.1) is 6.92 Å². The minimum Gasteiger partial charge on any atom is -0.348 e. The highest BCUT2D eigenvalue weighted by Gasteiger charge is 2.07. The van der Waals surface area contributed by atoms with Gasteiger partial charge in [-0.15, -0.1) is 0 Å². The topological polar surface area (TPSA) is 66.9 Å². The van der Waals surface area contributed by atoms with E-state index in [1.54, 1.807) is 30.7 Å². The maximum absolute atomic E-state index is 12.3. The maximum Gasteiger partial charge on any atom is 0.251 e. The highest BCUT2D eigenvalue weighted by molar-refractivity contribution is 9.10. The first-order valence-corrected chi connectivity index (χ1v) is 8.57. The summed E-state index contributed by atoms with van der Waals surface area (Å²) in [5.74, 6) is 0.462. The number of benzene rings is 1.